The summed E-state index contributed by atoms with van der Waals surface area (Å²) in [5.74, 6) is 0. The van der Waals surface area contributed by atoms with Crippen LogP contribution in [0.2, 0.25) is 0 Å². The summed E-state index contributed by atoms with van der Waals surface area (Å²) >= 11 is 2.06. The second-order valence-electron chi connectivity index (χ2n) is 0.668. The van der Waals surface area contributed by atoms with Gasteiger partial charge in [-0.05, 0) is 0 Å². The number of hydrogen-bond donors (Lipinski definition) is 0. The van der Waals surface area contributed by atoms with E-state index in [1.807, 2.05) is 0 Å². The predicted octanol–water partition coefficient (Wildman–Crippen LogP) is -1.43. The summed E-state index contributed by atoms with van der Waals surface area (Å²) in [6, 6.07) is 0. The molecule has 0 N–H and O–H groups in total. The van der Waals surface area contributed by atoms with Crippen molar-refractivity contribution in [2.24, 2.45) is 0 Å². The molecular formula is H2N2O5RuSi-. The van der Waals surface area contributed by atoms with E-state index in [0.717, 1.165) is 0 Å². The van der Waals surface area contributed by atoms with Gasteiger partial charge in [-0.25, -0.2) is 0 Å². The summed E-state index contributed by atoms with van der Waals surface area (Å²) in [7, 11) is -0.999. The van der Waals surface area contributed by atoms with E-state index in [9.17, 15) is 10.1 Å². The van der Waals surface area contributed by atoms with Crippen LogP contribution < -0.4 is 0 Å². The fourth-order valence-electron chi connectivity index (χ4n) is 0. The van der Waals surface area contributed by atoms with Crippen LogP contribution in [0.15, 0.2) is 0 Å². The molecule has 0 unspecified atom stereocenters. The Hall–Kier alpha value is -0.560. The molecule has 0 radical (unpaired) electrons. The molecule has 55 valence electrons. The Labute approximate surface area is 61.2 Å². The van der Waals surface area contributed by atoms with Crippen molar-refractivity contribution in [3.63, 3.8) is 0 Å². The second-order valence-corrected chi connectivity index (χ2v) is 3.06. The first-order chi connectivity index (χ1) is 4.00. The molecule has 0 bridgehead atoms. The van der Waals surface area contributed by atoms with Crippen LogP contribution in [-0.4, -0.2) is 17.6 Å². The molecule has 0 saturated heterocycles. The van der Waals surface area contributed by atoms with Crippen molar-refractivity contribution in [3.8, 4) is 0 Å². The van der Waals surface area contributed by atoms with Crippen LogP contribution in [0.1, 0.15) is 0 Å². The number of nitro groups is 1. The van der Waals surface area contributed by atoms with E-state index in [1.54, 1.807) is 0 Å². The average Bonchev–Trinajstić information content (AvgIpc) is 1.65. The van der Waals surface area contributed by atoms with Gasteiger partial charge in [0.05, 0.1) is 5.09 Å². The standard InChI is InChI=1S/NO3.H2NO2Si.Ru/c2*2-1(3)4;/h;4H2;/q-1;;. The Balaban J connectivity index is 0. The molecule has 9 heavy (non-hydrogen) atoms. The molecule has 0 aromatic carbocycles. The molecule has 7 nitrogen and oxygen atoms in total. The Morgan fingerprint density at radius 1 is 1.22 bits per heavy atom. The van der Waals surface area contributed by atoms with Crippen LogP contribution >= 0.6 is 0 Å². The molecule has 0 aliphatic rings. The Bertz CT molecular complexity index is 99.1. The average molecular weight is 239 g/mol. The molecule has 0 heterocycles. The van der Waals surface area contributed by atoms with Crippen LogP contribution in [0, 0.1) is 25.4 Å². The quantitative estimate of drug-likeness (QED) is 0.316. The number of hydrogen-bond acceptors (Lipinski definition) is 5. The zero-order valence-electron chi connectivity index (χ0n) is 4.00. The van der Waals surface area contributed by atoms with Gasteiger partial charge in [0.25, 0.3) is 0 Å². The Morgan fingerprint density at radius 3 is 1.33 bits per heavy atom. The SMILES string of the molecule is O=[N+]([O-])[O-].O=[N+]([O-])[SiH2][Ru]. The maximum atomic E-state index is 9.22. The zero-order chi connectivity index (χ0) is 7.86. The van der Waals surface area contributed by atoms with E-state index >= 15 is 0 Å². The number of rotatable bonds is 1. The van der Waals surface area contributed by atoms with E-state index in [0.29, 0.717) is 0 Å². The van der Waals surface area contributed by atoms with Crippen LogP contribution in [0.25, 0.3) is 0 Å². The van der Waals surface area contributed by atoms with Gasteiger partial charge in [0.15, 0.2) is 0 Å². The van der Waals surface area contributed by atoms with Crippen molar-refractivity contribution in [3.05, 3.63) is 25.4 Å². The van der Waals surface area contributed by atoms with Crippen molar-refractivity contribution in [2.75, 3.05) is 0 Å². The molecule has 0 rings (SSSR count). The fraction of sp³-hybridized carbons (Fsp3) is 0. The van der Waals surface area contributed by atoms with Gasteiger partial charge in [0, 0.05) is 0 Å². The third-order valence-corrected chi connectivity index (χ3v) is 1.62. The summed E-state index contributed by atoms with van der Waals surface area (Å²) in [5, 5.41) is 24.0. The molecule has 0 aliphatic heterocycles. The topological polar surface area (TPSA) is 109 Å². The molecule has 0 aromatic heterocycles. The Morgan fingerprint density at radius 2 is 1.33 bits per heavy atom. The zero-order valence-corrected chi connectivity index (χ0v) is 7.15. The third kappa shape index (κ3) is 106. The van der Waals surface area contributed by atoms with Crippen LogP contribution in [0.4, 0.5) is 0 Å². The molecule has 0 aliphatic carbocycles. The molecule has 9 heteroatoms. The van der Waals surface area contributed by atoms with Crippen molar-refractivity contribution < 1.29 is 27.3 Å². The van der Waals surface area contributed by atoms with E-state index < -0.39 is 13.0 Å². The van der Waals surface area contributed by atoms with Crippen molar-refractivity contribution in [1.82, 2.24) is 0 Å². The van der Waals surface area contributed by atoms with Gasteiger partial charge >= 0.3 is 40.2 Å². The predicted molar refractivity (Wildman–Crippen MR) is 25.9 cm³/mol. The van der Waals surface area contributed by atoms with Crippen molar-refractivity contribution in [2.45, 2.75) is 0 Å². The fourth-order valence-corrected chi connectivity index (χ4v) is 0. The van der Waals surface area contributed by atoms with Gasteiger partial charge < -0.3 is 15.3 Å². The normalized spacial score (nSPS) is 8.11. The van der Waals surface area contributed by atoms with Gasteiger partial charge in [0.1, 0.15) is 0 Å². The summed E-state index contributed by atoms with van der Waals surface area (Å²) in [5.41, 5.74) is 0. The van der Waals surface area contributed by atoms with E-state index in [4.69, 9.17) is 15.3 Å². The van der Waals surface area contributed by atoms with Crippen molar-refractivity contribution >= 4 is 7.91 Å². The molecule has 0 fully saturated rings. The summed E-state index contributed by atoms with van der Waals surface area (Å²) in [4.78, 5) is 17.5. The molecule has 0 spiro atoms. The van der Waals surface area contributed by atoms with E-state index in [-0.39, 0.29) is 4.59 Å². The third-order valence-electron chi connectivity index (χ3n) is 0.0913. The Kier molecular flexibility index (Phi) is 9.31. The summed E-state index contributed by atoms with van der Waals surface area (Å²) in [6.07, 6.45) is 0. The minimum atomic E-state index is -1.75. The van der Waals surface area contributed by atoms with Crippen molar-refractivity contribution in [1.29, 1.82) is 0 Å². The molecular weight excluding hydrogens is 237 g/mol. The maximum absolute atomic E-state index is 9.22. The van der Waals surface area contributed by atoms with Crippen LogP contribution in [0.5, 0.6) is 0 Å². The van der Waals surface area contributed by atoms with E-state index in [1.165, 1.54) is 0 Å². The molecule has 0 atom stereocenters. The van der Waals surface area contributed by atoms with Crippen LogP contribution in [0.3, 0.4) is 0 Å². The second kappa shape index (κ2) is 7.44. The first-order valence-electron chi connectivity index (χ1n) is 1.48. The first-order valence-corrected chi connectivity index (χ1v) is 6.30. The molecule has 0 saturated carbocycles. The number of nitrogens with zero attached hydrogens (tertiary/aromatic N) is 2. The summed E-state index contributed by atoms with van der Waals surface area (Å²) < 4.78 is -0.267. The molecule has 0 amide bonds. The van der Waals surface area contributed by atoms with Crippen LogP contribution in [-0.2, 0) is 17.6 Å². The van der Waals surface area contributed by atoms with Gasteiger partial charge in [0.2, 0.25) is 0 Å². The van der Waals surface area contributed by atoms with Gasteiger partial charge in [-0.2, -0.15) is 0 Å². The van der Waals surface area contributed by atoms with Gasteiger partial charge in [-0.1, -0.05) is 0 Å². The van der Waals surface area contributed by atoms with Gasteiger partial charge in [-0.3, -0.25) is 0 Å². The monoisotopic (exact) mass is 240 g/mol. The summed E-state index contributed by atoms with van der Waals surface area (Å²) in [6.45, 7) is 0. The minimum absolute atomic E-state index is 0.267. The molecule has 0 aromatic rings. The van der Waals surface area contributed by atoms with Gasteiger partial charge in [-0.15, -0.1) is 0 Å². The van der Waals surface area contributed by atoms with E-state index in [2.05, 4.69) is 17.6 Å². The first kappa shape index (κ1) is 11.3.